The molecule has 0 aliphatic carbocycles. The molecule has 0 saturated heterocycles. The van der Waals surface area contributed by atoms with Crippen molar-refractivity contribution in [2.24, 2.45) is 0 Å². The van der Waals surface area contributed by atoms with Crippen LogP contribution in [0.4, 0.5) is 0 Å². The minimum absolute atomic E-state index is 0.155. The van der Waals surface area contributed by atoms with E-state index in [1.807, 2.05) is 11.3 Å². The Morgan fingerprint density at radius 3 is 2.84 bits per heavy atom. The highest BCUT2D eigenvalue weighted by molar-refractivity contribution is 7.12. The van der Waals surface area contributed by atoms with Crippen molar-refractivity contribution in [3.63, 3.8) is 0 Å². The largest absolute Gasteiger partial charge is 0.483 e. The predicted molar refractivity (Wildman–Crippen MR) is 79.8 cm³/mol. The fourth-order valence-corrected chi connectivity index (χ4v) is 3.39. The van der Waals surface area contributed by atoms with Crippen LogP contribution in [0.3, 0.4) is 0 Å². The maximum absolute atomic E-state index is 6.26. The number of aryl methyl sites for hydroxylation is 1. The lowest BCUT2D eigenvalue weighted by atomic mass is 10.2. The van der Waals surface area contributed by atoms with Crippen LogP contribution in [0.25, 0.3) is 0 Å². The van der Waals surface area contributed by atoms with E-state index in [9.17, 15) is 0 Å². The topological polar surface area (TPSA) is 12.5 Å². The highest BCUT2D eigenvalue weighted by Crippen LogP contribution is 2.33. The Hall–Kier alpha value is -1.32. The van der Waals surface area contributed by atoms with Crippen LogP contribution < -0.4 is 4.74 Å². The molecule has 0 saturated carbocycles. The van der Waals surface area contributed by atoms with E-state index in [0.29, 0.717) is 0 Å². The molecule has 0 amide bonds. The average Bonchev–Trinajstić information content (AvgIpc) is 2.75. The maximum Gasteiger partial charge on any atom is 0.145 e. The molecular formula is C16H19NOS. The fourth-order valence-electron chi connectivity index (χ4n) is 2.50. The third-order valence-electron chi connectivity index (χ3n) is 3.59. The van der Waals surface area contributed by atoms with Crippen molar-refractivity contribution in [2.75, 3.05) is 13.1 Å². The third-order valence-corrected chi connectivity index (χ3v) is 4.68. The molecule has 1 aromatic heterocycles. The van der Waals surface area contributed by atoms with Crippen molar-refractivity contribution in [1.29, 1.82) is 0 Å². The van der Waals surface area contributed by atoms with Gasteiger partial charge in [-0.15, -0.1) is 11.3 Å². The minimum atomic E-state index is 0.155. The van der Waals surface area contributed by atoms with Gasteiger partial charge in [0.05, 0.1) is 0 Å². The van der Waals surface area contributed by atoms with E-state index >= 15 is 0 Å². The number of thiophene rings is 1. The molecule has 100 valence electrons. The van der Waals surface area contributed by atoms with E-state index < -0.39 is 0 Å². The normalized spacial score (nSPS) is 19.6. The lowest BCUT2D eigenvalue weighted by Gasteiger charge is -2.21. The molecule has 0 radical (unpaired) electrons. The van der Waals surface area contributed by atoms with Gasteiger partial charge in [-0.25, -0.2) is 0 Å². The van der Waals surface area contributed by atoms with Gasteiger partial charge in [0.25, 0.3) is 0 Å². The molecule has 1 aromatic carbocycles. The van der Waals surface area contributed by atoms with Crippen LogP contribution in [-0.2, 0) is 6.54 Å². The average molecular weight is 273 g/mol. The van der Waals surface area contributed by atoms with Crippen molar-refractivity contribution in [2.45, 2.75) is 26.5 Å². The molecule has 0 fully saturated rings. The number of hydrogen-bond donors (Lipinski definition) is 0. The molecule has 2 heterocycles. The van der Waals surface area contributed by atoms with Gasteiger partial charge in [-0.1, -0.05) is 25.1 Å². The first kappa shape index (κ1) is 12.7. The van der Waals surface area contributed by atoms with E-state index in [1.54, 1.807) is 0 Å². The summed E-state index contributed by atoms with van der Waals surface area (Å²) >= 11 is 1.84. The summed E-state index contributed by atoms with van der Waals surface area (Å²) in [6.07, 6.45) is 0.155. The van der Waals surface area contributed by atoms with Gasteiger partial charge >= 0.3 is 0 Å². The molecule has 1 aliphatic rings. The number of hydrogen-bond acceptors (Lipinski definition) is 3. The second kappa shape index (κ2) is 5.35. The highest BCUT2D eigenvalue weighted by atomic mass is 32.1. The summed E-state index contributed by atoms with van der Waals surface area (Å²) in [4.78, 5) is 5.12. The fraction of sp³-hybridized carbons (Fsp3) is 0.375. The number of para-hydroxylation sites is 1. The number of rotatable bonds is 2. The predicted octanol–water partition coefficient (Wildman–Crippen LogP) is 4.01. The smallest absolute Gasteiger partial charge is 0.145 e. The first-order valence-corrected chi connectivity index (χ1v) is 7.61. The second-order valence-electron chi connectivity index (χ2n) is 4.99. The van der Waals surface area contributed by atoms with E-state index in [2.05, 4.69) is 55.1 Å². The SMILES string of the molecule is CCN1Cc2ccccc2OC(c2ccc(C)s2)C1. The second-order valence-corrected chi connectivity index (χ2v) is 6.31. The molecule has 0 spiro atoms. The van der Waals surface area contributed by atoms with Crippen molar-refractivity contribution in [1.82, 2.24) is 4.90 Å². The lowest BCUT2D eigenvalue weighted by molar-refractivity contribution is 0.155. The maximum atomic E-state index is 6.26. The zero-order valence-corrected chi connectivity index (χ0v) is 12.2. The molecule has 3 heteroatoms. The van der Waals surface area contributed by atoms with Gasteiger partial charge < -0.3 is 4.74 Å². The molecule has 3 rings (SSSR count). The zero-order chi connectivity index (χ0) is 13.2. The van der Waals surface area contributed by atoms with Crippen molar-refractivity contribution < 1.29 is 4.74 Å². The van der Waals surface area contributed by atoms with Crippen LogP contribution >= 0.6 is 11.3 Å². The van der Waals surface area contributed by atoms with Gasteiger partial charge in [-0.05, 0) is 31.7 Å². The van der Waals surface area contributed by atoms with Crippen molar-refractivity contribution in [3.05, 3.63) is 51.7 Å². The quantitative estimate of drug-likeness (QED) is 0.819. The summed E-state index contributed by atoms with van der Waals surface area (Å²) in [6, 6.07) is 12.8. The monoisotopic (exact) mass is 273 g/mol. The van der Waals surface area contributed by atoms with Crippen LogP contribution in [-0.4, -0.2) is 18.0 Å². The standard InChI is InChI=1S/C16H19NOS/c1-3-17-10-13-6-4-5-7-14(13)18-15(11-17)16-9-8-12(2)19-16/h4-9,15H,3,10-11H2,1-2H3. The number of nitrogens with zero attached hydrogens (tertiary/aromatic N) is 1. The summed E-state index contributed by atoms with van der Waals surface area (Å²) in [5, 5.41) is 0. The third kappa shape index (κ3) is 2.67. The Morgan fingerprint density at radius 1 is 1.26 bits per heavy atom. The molecule has 2 nitrogen and oxygen atoms in total. The Bertz CT molecular complexity index is 563. The number of benzene rings is 1. The van der Waals surface area contributed by atoms with E-state index in [1.165, 1.54) is 15.3 Å². The Morgan fingerprint density at radius 2 is 2.11 bits per heavy atom. The Labute approximate surface area is 118 Å². The summed E-state index contributed by atoms with van der Waals surface area (Å²) in [5.74, 6) is 1.04. The van der Waals surface area contributed by atoms with Gasteiger partial charge in [0.15, 0.2) is 0 Å². The molecule has 1 atom stereocenters. The van der Waals surface area contributed by atoms with E-state index in [0.717, 1.165) is 25.4 Å². The summed E-state index contributed by atoms with van der Waals surface area (Å²) in [6.45, 7) is 7.36. The minimum Gasteiger partial charge on any atom is -0.483 e. The van der Waals surface area contributed by atoms with Gasteiger partial charge in [0.2, 0.25) is 0 Å². The lowest BCUT2D eigenvalue weighted by Crippen LogP contribution is -2.27. The molecular weight excluding hydrogens is 254 g/mol. The molecule has 0 N–H and O–H groups in total. The van der Waals surface area contributed by atoms with Crippen LogP contribution in [0.5, 0.6) is 5.75 Å². The van der Waals surface area contributed by atoms with Gasteiger partial charge in [0.1, 0.15) is 11.9 Å². The van der Waals surface area contributed by atoms with E-state index in [-0.39, 0.29) is 6.10 Å². The van der Waals surface area contributed by atoms with Crippen LogP contribution in [0.2, 0.25) is 0 Å². The number of fused-ring (bicyclic) bond motifs is 1. The summed E-state index contributed by atoms with van der Waals surface area (Å²) in [7, 11) is 0. The molecule has 19 heavy (non-hydrogen) atoms. The first-order valence-electron chi connectivity index (χ1n) is 6.79. The summed E-state index contributed by atoms with van der Waals surface area (Å²) in [5.41, 5.74) is 1.29. The molecule has 2 aromatic rings. The highest BCUT2D eigenvalue weighted by Gasteiger charge is 2.24. The summed E-state index contributed by atoms with van der Waals surface area (Å²) < 4.78 is 6.26. The van der Waals surface area contributed by atoms with Crippen LogP contribution in [0.1, 0.15) is 28.3 Å². The Kier molecular flexibility index (Phi) is 3.58. The van der Waals surface area contributed by atoms with Crippen molar-refractivity contribution >= 4 is 11.3 Å². The van der Waals surface area contributed by atoms with Gasteiger partial charge in [-0.2, -0.15) is 0 Å². The van der Waals surface area contributed by atoms with Crippen LogP contribution in [0, 0.1) is 6.92 Å². The van der Waals surface area contributed by atoms with E-state index in [4.69, 9.17) is 4.74 Å². The van der Waals surface area contributed by atoms with Gasteiger partial charge in [0, 0.05) is 28.4 Å². The zero-order valence-electron chi connectivity index (χ0n) is 11.4. The molecule has 0 bridgehead atoms. The molecule has 1 unspecified atom stereocenters. The van der Waals surface area contributed by atoms with Gasteiger partial charge in [-0.3, -0.25) is 4.90 Å². The molecule has 1 aliphatic heterocycles. The number of likely N-dealkylation sites (N-methyl/N-ethyl adjacent to an activating group) is 1. The Balaban J connectivity index is 1.94. The number of ether oxygens (including phenoxy) is 1. The van der Waals surface area contributed by atoms with Crippen LogP contribution in [0.15, 0.2) is 36.4 Å². The first-order chi connectivity index (χ1) is 9.26. The van der Waals surface area contributed by atoms with Crippen molar-refractivity contribution in [3.8, 4) is 5.75 Å².